The Morgan fingerprint density at radius 1 is 1.21 bits per heavy atom. The molecule has 0 aliphatic heterocycles. The van der Waals surface area contributed by atoms with Crippen LogP contribution in [0.5, 0.6) is 0 Å². The SMILES string of the molecule is NC(=O)CSc1ccccc1NC1CCCCCC1. The fraction of sp³-hybridized carbons (Fsp3) is 0.533. The van der Waals surface area contributed by atoms with Crippen LogP contribution in [0.2, 0.25) is 0 Å². The third-order valence-electron chi connectivity index (χ3n) is 3.47. The van der Waals surface area contributed by atoms with Gasteiger partial charge in [-0.15, -0.1) is 11.8 Å². The summed E-state index contributed by atoms with van der Waals surface area (Å²) < 4.78 is 0. The molecule has 1 amide bonds. The molecule has 1 saturated carbocycles. The maximum atomic E-state index is 10.9. The zero-order valence-corrected chi connectivity index (χ0v) is 12.0. The van der Waals surface area contributed by atoms with Crippen molar-refractivity contribution in [2.45, 2.75) is 49.5 Å². The molecule has 2 rings (SSSR count). The summed E-state index contributed by atoms with van der Waals surface area (Å²) in [6.45, 7) is 0. The molecule has 1 aromatic rings. The van der Waals surface area contributed by atoms with E-state index in [1.54, 1.807) is 0 Å². The van der Waals surface area contributed by atoms with Gasteiger partial charge in [0.1, 0.15) is 0 Å². The van der Waals surface area contributed by atoms with Gasteiger partial charge in [-0.25, -0.2) is 0 Å². The van der Waals surface area contributed by atoms with Crippen molar-refractivity contribution >= 4 is 23.4 Å². The maximum Gasteiger partial charge on any atom is 0.227 e. The molecule has 1 fully saturated rings. The van der Waals surface area contributed by atoms with Crippen LogP contribution in [-0.2, 0) is 4.79 Å². The van der Waals surface area contributed by atoms with Crippen molar-refractivity contribution in [2.75, 3.05) is 11.1 Å². The number of amides is 1. The van der Waals surface area contributed by atoms with Gasteiger partial charge in [0.05, 0.1) is 5.75 Å². The van der Waals surface area contributed by atoms with Crippen LogP contribution in [0.25, 0.3) is 0 Å². The Kier molecular flexibility index (Phi) is 5.58. The highest BCUT2D eigenvalue weighted by Crippen LogP contribution is 2.29. The standard InChI is InChI=1S/C15H22N2OS/c16-15(18)11-19-14-10-6-5-9-13(14)17-12-7-3-1-2-4-8-12/h5-6,9-10,12,17H,1-4,7-8,11H2,(H2,16,18). The summed E-state index contributed by atoms with van der Waals surface area (Å²) in [6.07, 6.45) is 7.83. The van der Waals surface area contributed by atoms with Crippen molar-refractivity contribution < 1.29 is 4.79 Å². The normalized spacial score (nSPS) is 16.8. The van der Waals surface area contributed by atoms with Crippen LogP contribution in [0.3, 0.4) is 0 Å². The summed E-state index contributed by atoms with van der Waals surface area (Å²) in [7, 11) is 0. The molecule has 0 heterocycles. The number of hydrogen-bond donors (Lipinski definition) is 2. The second-order valence-corrected chi connectivity index (χ2v) is 6.10. The molecule has 0 bridgehead atoms. The van der Waals surface area contributed by atoms with Crippen molar-refractivity contribution in [3.05, 3.63) is 24.3 Å². The average Bonchev–Trinajstić information content (AvgIpc) is 2.66. The van der Waals surface area contributed by atoms with Gasteiger partial charge in [0.15, 0.2) is 0 Å². The van der Waals surface area contributed by atoms with E-state index in [0.717, 1.165) is 10.6 Å². The second-order valence-electron chi connectivity index (χ2n) is 5.08. The van der Waals surface area contributed by atoms with E-state index in [-0.39, 0.29) is 5.91 Å². The summed E-state index contributed by atoms with van der Waals surface area (Å²) >= 11 is 1.51. The van der Waals surface area contributed by atoms with Gasteiger partial charge >= 0.3 is 0 Å². The number of benzene rings is 1. The highest BCUT2D eigenvalue weighted by atomic mass is 32.2. The number of carbonyl (C=O) groups is 1. The van der Waals surface area contributed by atoms with Gasteiger partial charge in [-0.3, -0.25) is 4.79 Å². The number of nitrogens with two attached hydrogens (primary N) is 1. The predicted molar refractivity (Wildman–Crippen MR) is 81.5 cm³/mol. The molecule has 1 aliphatic rings. The summed E-state index contributed by atoms with van der Waals surface area (Å²) in [5.74, 6) is 0.0675. The Bertz CT molecular complexity index is 414. The molecule has 0 aromatic heterocycles. The molecule has 19 heavy (non-hydrogen) atoms. The van der Waals surface area contributed by atoms with Gasteiger partial charge in [0.2, 0.25) is 5.91 Å². The summed E-state index contributed by atoms with van der Waals surface area (Å²) in [4.78, 5) is 12.0. The molecular weight excluding hydrogens is 256 g/mol. The summed E-state index contributed by atoms with van der Waals surface area (Å²) in [5, 5.41) is 3.64. The molecule has 0 spiro atoms. The first kappa shape index (κ1) is 14.3. The van der Waals surface area contributed by atoms with Crippen LogP contribution in [0.4, 0.5) is 5.69 Å². The zero-order chi connectivity index (χ0) is 13.5. The van der Waals surface area contributed by atoms with Gasteiger partial charge in [-0.05, 0) is 25.0 Å². The number of hydrogen-bond acceptors (Lipinski definition) is 3. The van der Waals surface area contributed by atoms with E-state index in [0.29, 0.717) is 11.8 Å². The van der Waals surface area contributed by atoms with Crippen LogP contribution in [0, 0.1) is 0 Å². The lowest BCUT2D eigenvalue weighted by molar-refractivity contribution is -0.115. The minimum absolute atomic E-state index is 0.269. The molecule has 0 radical (unpaired) electrons. The van der Waals surface area contributed by atoms with E-state index in [9.17, 15) is 4.79 Å². The topological polar surface area (TPSA) is 55.1 Å². The smallest absolute Gasteiger partial charge is 0.227 e. The van der Waals surface area contributed by atoms with Crippen LogP contribution >= 0.6 is 11.8 Å². The van der Waals surface area contributed by atoms with E-state index in [1.807, 2.05) is 18.2 Å². The average molecular weight is 278 g/mol. The van der Waals surface area contributed by atoms with Crippen molar-refractivity contribution in [1.82, 2.24) is 0 Å². The highest BCUT2D eigenvalue weighted by molar-refractivity contribution is 8.00. The van der Waals surface area contributed by atoms with E-state index in [4.69, 9.17) is 5.73 Å². The summed E-state index contributed by atoms with van der Waals surface area (Å²) in [6, 6.07) is 8.74. The van der Waals surface area contributed by atoms with Gasteiger partial charge < -0.3 is 11.1 Å². The van der Waals surface area contributed by atoms with Crippen LogP contribution in [0.1, 0.15) is 38.5 Å². The maximum absolute atomic E-state index is 10.9. The fourth-order valence-corrected chi connectivity index (χ4v) is 3.26. The number of nitrogens with one attached hydrogen (secondary N) is 1. The highest BCUT2D eigenvalue weighted by Gasteiger charge is 2.13. The number of primary amides is 1. The third kappa shape index (κ3) is 4.78. The summed E-state index contributed by atoms with van der Waals surface area (Å²) in [5.41, 5.74) is 6.35. The number of thioether (sulfide) groups is 1. The number of rotatable bonds is 5. The number of anilines is 1. The third-order valence-corrected chi connectivity index (χ3v) is 4.57. The van der Waals surface area contributed by atoms with Crippen LogP contribution in [0.15, 0.2) is 29.2 Å². The van der Waals surface area contributed by atoms with Crippen molar-refractivity contribution in [3.63, 3.8) is 0 Å². The lowest BCUT2D eigenvalue weighted by Gasteiger charge is -2.19. The minimum Gasteiger partial charge on any atom is -0.381 e. The Labute approximate surface area is 119 Å². The van der Waals surface area contributed by atoms with E-state index in [2.05, 4.69) is 11.4 Å². The number of para-hydroxylation sites is 1. The molecule has 0 saturated heterocycles. The quantitative estimate of drug-likeness (QED) is 0.641. The molecule has 104 valence electrons. The first-order chi connectivity index (χ1) is 9.25. The molecular formula is C15H22N2OS. The van der Waals surface area contributed by atoms with Crippen molar-refractivity contribution in [3.8, 4) is 0 Å². The molecule has 0 atom stereocenters. The van der Waals surface area contributed by atoms with Gasteiger partial charge in [0.25, 0.3) is 0 Å². The Hall–Kier alpha value is -1.16. The molecule has 3 N–H and O–H groups in total. The fourth-order valence-electron chi connectivity index (χ4n) is 2.50. The Morgan fingerprint density at radius 3 is 2.58 bits per heavy atom. The zero-order valence-electron chi connectivity index (χ0n) is 11.2. The van der Waals surface area contributed by atoms with Gasteiger partial charge in [0, 0.05) is 16.6 Å². The number of carbonyl (C=O) groups excluding carboxylic acids is 1. The molecule has 4 heteroatoms. The van der Waals surface area contributed by atoms with Gasteiger partial charge in [-0.1, -0.05) is 37.8 Å². The first-order valence-corrected chi connectivity index (χ1v) is 8.01. The molecule has 3 nitrogen and oxygen atoms in total. The second kappa shape index (κ2) is 7.43. The Morgan fingerprint density at radius 2 is 1.89 bits per heavy atom. The van der Waals surface area contributed by atoms with Crippen LogP contribution < -0.4 is 11.1 Å². The molecule has 1 aliphatic carbocycles. The predicted octanol–water partition coefficient (Wildman–Crippen LogP) is 3.40. The monoisotopic (exact) mass is 278 g/mol. The Balaban J connectivity index is 1.99. The van der Waals surface area contributed by atoms with E-state index < -0.39 is 0 Å². The first-order valence-electron chi connectivity index (χ1n) is 7.02. The van der Waals surface area contributed by atoms with Crippen molar-refractivity contribution in [2.24, 2.45) is 5.73 Å². The minimum atomic E-state index is -0.269. The lowest BCUT2D eigenvalue weighted by atomic mass is 10.1. The van der Waals surface area contributed by atoms with Gasteiger partial charge in [-0.2, -0.15) is 0 Å². The lowest BCUT2D eigenvalue weighted by Crippen LogP contribution is -2.19. The molecule has 0 unspecified atom stereocenters. The molecule has 1 aromatic carbocycles. The van der Waals surface area contributed by atoms with E-state index in [1.165, 1.54) is 50.3 Å². The van der Waals surface area contributed by atoms with Crippen molar-refractivity contribution in [1.29, 1.82) is 0 Å². The largest absolute Gasteiger partial charge is 0.381 e. The van der Waals surface area contributed by atoms with Crippen LogP contribution in [-0.4, -0.2) is 17.7 Å². The van der Waals surface area contributed by atoms with E-state index >= 15 is 0 Å².